The van der Waals surface area contributed by atoms with Gasteiger partial charge in [-0.05, 0) is 74.9 Å². The van der Waals surface area contributed by atoms with Crippen molar-refractivity contribution in [2.75, 3.05) is 11.5 Å². The maximum absolute atomic E-state index is 13.3. The summed E-state index contributed by atoms with van der Waals surface area (Å²) in [5.41, 5.74) is 3.09. The van der Waals surface area contributed by atoms with Gasteiger partial charge in [0.1, 0.15) is 5.57 Å². The van der Waals surface area contributed by atoms with E-state index in [2.05, 4.69) is 5.32 Å². The van der Waals surface area contributed by atoms with Crippen LogP contribution in [-0.4, -0.2) is 35.0 Å². The number of nitrogens with one attached hydrogen (secondary N) is 1. The van der Waals surface area contributed by atoms with Gasteiger partial charge in [-0.2, -0.15) is 0 Å². The van der Waals surface area contributed by atoms with Gasteiger partial charge in [0, 0.05) is 22.1 Å². The molecule has 184 valence electrons. The van der Waals surface area contributed by atoms with E-state index in [1.807, 2.05) is 24.5 Å². The first-order chi connectivity index (χ1) is 17.1. The molecule has 1 N–H and O–H groups in total. The second-order valence-electron chi connectivity index (χ2n) is 7.99. The molecule has 8 nitrogen and oxygen atoms in total. The van der Waals surface area contributed by atoms with Crippen molar-refractivity contribution in [1.29, 1.82) is 0 Å². The number of hydrogen-bond acceptors (Lipinski definition) is 5. The summed E-state index contributed by atoms with van der Waals surface area (Å²) in [6.45, 7) is 5.68. The topological polar surface area (TPSA) is 97.7 Å². The number of barbiturate groups is 1. The number of urea groups is 1. The van der Waals surface area contributed by atoms with Gasteiger partial charge in [-0.1, -0.05) is 29.3 Å². The molecule has 0 saturated carbocycles. The number of aryl methyl sites for hydroxylation is 1. The van der Waals surface area contributed by atoms with Gasteiger partial charge >= 0.3 is 12.0 Å². The highest BCUT2D eigenvalue weighted by Crippen LogP contribution is 2.32. The zero-order valence-corrected chi connectivity index (χ0v) is 21.1. The van der Waals surface area contributed by atoms with Crippen LogP contribution in [0.5, 0.6) is 0 Å². The molecule has 2 heterocycles. The van der Waals surface area contributed by atoms with Crippen LogP contribution < -0.4 is 10.2 Å². The van der Waals surface area contributed by atoms with Crippen molar-refractivity contribution in [3.8, 4) is 5.69 Å². The predicted molar refractivity (Wildman–Crippen MR) is 137 cm³/mol. The Morgan fingerprint density at radius 1 is 1.06 bits per heavy atom. The Balaban J connectivity index is 1.75. The third-order valence-corrected chi connectivity index (χ3v) is 6.18. The molecular weight excluding hydrogens is 505 g/mol. The molecule has 4 amide bonds. The van der Waals surface area contributed by atoms with Crippen molar-refractivity contribution >= 4 is 58.8 Å². The Labute approximate surface area is 217 Å². The number of amides is 4. The molecular formula is C26H21Cl2N3O5. The molecule has 1 fully saturated rings. The van der Waals surface area contributed by atoms with Crippen molar-refractivity contribution in [2.24, 2.45) is 0 Å². The number of anilines is 1. The fourth-order valence-electron chi connectivity index (χ4n) is 4.01. The van der Waals surface area contributed by atoms with Crippen LogP contribution in [-0.2, 0) is 14.3 Å². The van der Waals surface area contributed by atoms with Crippen LogP contribution in [0.4, 0.5) is 10.5 Å². The lowest BCUT2D eigenvalue weighted by atomic mass is 10.1. The molecule has 2 aromatic carbocycles. The summed E-state index contributed by atoms with van der Waals surface area (Å²) in [6.07, 6.45) is 1.43. The molecule has 0 radical (unpaired) electrons. The molecule has 36 heavy (non-hydrogen) atoms. The van der Waals surface area contributed by atoms with Gasteiger partial charge in [-0.15, -0.1) is 0 Å². The van der Waals surface area contributed by atoms with E-state index in [1.54, 1.807) is 31.2 Å². The van der Waals surface area contributed by atoms with E-state index in [0.29, 0.717) is 21.8 Å². The van der Waals surface area contributed by atoms with Crippen LogP contribution in [0.1, 0.15) is 34.2 Å². The highest BCUT2D eigenvalue weighted by atomic mass is 35.5. The number of aromatic nitrogens is 1. The molecule has 0 bridgehead atoms. The van der Waals surface area contributed by atoms with Gasteiger partial charge in [0.25, 0.3) is 11.8 Å². The lowest BCUT2D eigenvalue weighted by Gasteiger charge is -2.27. The van der Waals surface area contributed by atoms with Crippen molar-refractivity contribution in [3.63, 3.8) is 0 Å². The summed E-state index contributed by atoms with van der Waals surface area (Å²) < 4.78 is 6.98. The minimum absolute atomic E-state index is 0.0827. The van der Waals surface area contributed by atoms with E-state index in [9.17, 15) is 19.2 Å². The van der Waals surface area contributed by atoms with E-state index < -0.39 is 23.8 Å². The maximum Gasteiger partial charge on any atom is 0.338 e. The smallest absolute Gasteiger partial charge is 0.338 e. The minimum Gasteiger partial charge on any atom is -0.462 e. The second kappa shape index (κ2) is 10.0. The summed E-state index contributed by atoms with van der Waals surface area (Å²) in [7, 11) is 0. The summed E-state index contributed by atoms with van der Waals surface area (Å²) in [4.78, 5) is 51.4. The fourth-order valence-corrected chi connectivity index (χ4v) is 4.50. The number of ether oxygens (including phenoxy) is 1. The SMILES string of the molecule is CCOC(=O)c1cccc(-n2c(C)cc(C=C3C(=O)NC(=O)N(c4ccc(Cl)cc4Cl)C3=O)c2C)c1. The quantitative estimate of drug-likeness (QED) is 0.279. The first-order valence-electron chi connectivity index (χ1n) is 11.0. The third-order valence-electron chi connectivity index (χ3n) is 5.64. The standard InChI is InChI=1S/C26H21Cl2N3O5/c1-4-36-25(34)16-6-5-7-19(11-16)30-14(2)10-17(15(30)3)12-20-23(32)29-26(35)31(24(20)33)22-9-8-18(27)13-21(22)28/h5-13H,4H2,1-3H3,(H,29,32,35). The monoisotopic (exact) mass is 525 g/mol. The Kier molecular flexibility index (Phi) is 7.01. The summed E-state index contributed by atoms with van der Waals surface area (Å²) in [5.74, 6) is -2.07. The summed E-state index contributed by atoms with van der Waals surface area (Å²) >= 11 is 12.1. The Morgan fingerprint density at radius 3 is 2.50 bits per heavy atom. The first-order valence-corrected chi connectivity index (χ1v) is 11.7. The van der Waals surface area contributed by atoms with E-state index in [-0.39, 0.29) is 22.9 Å². The van der Waals surface area contributed by atoms with Crippen molar-refractivity contribution in [3.05, 3.63) is 86.7 Å². The third kappa shape index (κ3) is 4.65. The molecule has 0 unspecified atom stereocenters. The molecule has 1 aliphatic rings. The summed E-state index contributed by atoms with van der Waals surface area (Å²) in [6, 6.07) is 12.2. The van der Waals surface area contributed by atoms with Crippen LogP contribution >= 0.6 is 23.2 Å². The Morgan fingerprint density at radius 2 is 1.81 bits per heavy atom. The number of carbonyl (C=O) groups excluding carboxylic acids is 4. The zero-order valence-electron chi connectivity index (χ0n) is 19.6. The zero-order chi connectivity index (χ0) is 26.1. The molecule has 1 aliphatic heterocycles. The fraction of sp³-hybridized carbons (Fsp3) is 0.154. The molecule has 3 aromatic rings. The lowest BCUT2D eigenvalue weighted by molar-refractivity contribution is -0.122. The van der Waals surface area contributed by atoms with Crippen LogP contribution in [0, 0.1) is 13.8 Å². The van der Waals surface area contributed by atoms with Crippen LogP contribution in [0.15, 0.2) is 54.1 Å². The van der Waals surface area contributed by atoms with Gasteiger partial charge in [0.15, 0.2) is 0 Å². The maximum atomic E-state index is 13.3. The normalized spacial score (nSPS) is 14.9. The number of nitrogens with zero attached hydrogens (tertiary/aromatic N) is 2. The number of hydrogen-bond donors (Lipinski definition) is 1. The molecule has 1 aromatic heterocycles. The molecule has 4 rings (SSSR count). The molecule has 0 aliphatic carbocycles. The predicted octanol–water partition coefficient (Wildman–Crippen LogP) is 5.24. The number of carbonyl (C=O) groups is 4. The van der Waals surface area contributed by atoms with E-state index >= 15 is 0 Å². The number of rotatable bonds is 5. The average Bonchev–Trinajstić information content (AvgIpc) is 3.10. The highest BCUT2D eigenvalue weighted by Gasteiger charge is 2.38. The minimum atomic E-state index is -0.910. The molecule has 1 saturated heterocycles. The Bertz CT molecular complexity index is 1460. The first kappa shape index (κ1) is 25.2. The van der Waals surface area contributed by atoms with Crippen molar-refractivity contribution in [2.45, 2.75) is 20.8 Å². The molecule has 10 heteroatoms. The van der Waals surface area contributed by atoms with Gasteiger partial charge in [-0.3, -0.25) is 14.9 Å². The van der Waals surface area contributed by atoms with Gasteiger partial charge in [0.2, 0.25) is 0 Å². The van der Waals surface area contributed by atoms with Crippen molar-refractivity contribution < 1.29 is 23.9 Å². The summed E-state index contributed by atoms with van der Waals surface area (Å²) in [5, 5.41) is 2.60. The largest absolute Gasteiger partial charge is 0.462 e. The van der Waals surface area contributed by atoms with E-state index in [1.165, 1.54) is 24.3 Å². The van der Waals surface area contributed by atoms with Gasteiger partial charge < -0.3 is 9.30 Å². The Hall–Kier alpha value is -3.88. The number of halogens is 2. The second-order valence-corrected chi connectivity index (χ2v) is 8.83. The van der Waals surface area contributed by atoms with Gasteiger partial charge in [-0.25, -0.2) is 14.5 Å². The van der Waals surface area contributed by atoms with Crippen LogP contribution in [0.2, 0.25) is 10.0 Å². The van der Waals surface area contributed by atoms with Crippen LogP contribution in [0.3, 0.4) is 0 Å². The van der Waals surface area contributed by atoms with Crippen molar-refractivity contribution in [1.82, 2.24) is 9.88 Å². The van der Waals surface area contributed by atoms with Gasteiger partial charge in [0.05, 0.1) is 22.9 Å². The van der Waals surface area contributed by atoms with Crippen LogP contribution in [0.25, 0.3) is 11.8 Å². The van der Waals surface area contributed by atoms with E-state index in [0.717, 1.165) is 16.3 Å². The number of imide groups is 2. The lowest BCUT2D eigenvalue weighted by Crippen LogP contribution is -2.54. The van der Waals surface area contributed by atoms with E-state index in [4.69, 9.17) is 27.9 Å². The molecule has 0 atom stereocenters. The average molecular weight is 526 g/mol. The highest BCUT2D eigenvalue weighted by molar-refractivity contribution is 6.42. The number of benzene rings is 2. The molecule has 0 spiro atoms. The number of esters is 1.